The van der Waals surface area contributed by atoms with Gasteiger partial charge in [-0.2, -0.15) is 0 Å². The van der Waals surface area contributed by atoms with E-state index >= 15 is 0 Å². The number of ether oxygens (including phenoxy) is 2. The molecule has 2 rings (SSSR count). The zero-order valence-electron chi connectivity index (χ0n) is 12.7. The molecule has 0 saturated carbocycles. The van der Waals surface area contributed by atoms with Crippen molar-refractivity contribution in [2.45, 2.75) is 6.54 Å². The quantitative estimate of drug-likeness (QED) is 0.686. The number of anilines is 1. The molecule has 0 unspecified atom stereocenters. The summed E-state index contributed by atoms with van der Waals surface area (Å²) >= 11 is 6.08. The molecular formula is C14H15ClN4O5. The number of aromatic nitrogens is 3. The maximum absolute atomic E-state index is 11.9. The van der Waals surface area contributed by atoms with Crippen molar-refractivity contribution in [1.29, 1.82) is 0 Å². The Bertz CT molecular complexity index is 734. The molecule has 1 aromatic carbocycles. The minimum absolute atomic E-state index is 0.177. The Balaban J connectivity index is 1.93. The van der Waals surface area contributed by atoms with Crippen molar-refractivity contribution in [1.82, 2.24) is 15.0 Å². The maximum atomic E-state index is 11.9. The van der Waals surface area contributed by atoms with Gasteiger partial charge in [0.2, 0.25) is 5.91 Å². The van der Waals surface area contributed by atoms with E-state index in [2.05, 4.69) is 15.6 Å². The standard InChI is InChI=1S/C14H15ClN4O5/c1-23-4-5-24-12-3-2-9(6-10(12)15)16-13(20)8-19-7-11(14(21)22)17-18-19/h2-3,6-7H,4-5,8H2,1H3,(H,16,20)(H,21,22). The zero-order valence-corrected chi connectivity index (χ0v) is 13.5. The first kappa shape index (κ1) is 17.7. The van der Waals surface area contributed by atoms with Crippen LogP contribution in [0.1, 0.15) is 10.5 Å². The molecule has 0 aliphatic carbocycles. The molecule has 9 nitrogen and oxygen atoms in total. The number of aromatic carboxylic acids is 1. The molecule has 0 spiro atoms. The highest BCUT2D eigenvalue weighted by Crippen LogP contribution is 2.27. The van der Waals surface area contributed by atoms with Crippen LogP contribution in [0.25, 0.3) is 0 Å². The minimum Gasteiger partial charge on any atom is -0.490 e. The van der Waals surface area contributed by atoms with Crippen LogP contribution < -0.4 is 10.1 Å². The Morgan fingerprint density at radius 2 is 2.17 bits per heavy atom. The number of benzene rings is 1. The molecule has 1 amide bonds. The second kappa shape index (κ2) is 8.27. The zero-order chi connectivity index (χ0) is 17.5. The summed E-state index contributed by atoms with van der Waals surface area (Å²) in [6, 6.07) is 4.81. The molecule has 0 saturated heterocycles. The van der Waals surface area contributed by atoms with E-state index in [0.29, 0.717) is 29.7 Å². The second-order valence-electron chi connectivity index (χ2n) is 4.64. The number of rotatable bonds is 8. The smallest absolute Gasteiger partial charge is 0.358 e. The third-order valence-corrected chi connectivity index (χ3v) is 3.12. The van der Waals surface area contributed by atoms with Gasteiger partial charge in [0.15, 0.2) is 5.69 Å². The summed E-state index contributed by atoms with van der Waals surface area (Å²) in [4.78, 5) is 22.6. The van der Waals surface area contributed by atoms with E-state index in [1.165, 1.54) is 6.20 Å². The first-order valence-electron chi connectivity index (χ1n) is 6.84. The number of amides is 1. The fourth-order valence-corrected chi connectivity index (χ4v) is 1.99. The van der Waals surface area contributed by atoms with Gasteiger partial charge in [0, 0.05) is 12.8 Å². The lowest BCUT2D eigenvalue weighted by Crippen LogP contribution is -2.19. The first-order chi connectivity index (χ1) is 11.5. The molecular weight excluding hydrogens is 340 g/mol. The van der Waals surface area contributed by atoms with E-state index in [1.807, 2.05) is 0 Å². The van der Waals surface area contributed by atoms with Gasteiger partial charge in [0.05, 0.1) is 17.8 Å². The monoisotopic (exact) mass is 354 g/mol. The number of halogens is 1. The molecule has 0 aliphatic heterocycles. The van der Waals surface area contributed by atoms with Crippen molar-refractivity contribution in [3.8, 4) is 5.75 Å². The van der Waals surface area contributed by atoms with Crippen LogP contribution in [0.5, 0.6) is 5.75 Å². The number of nitrogens with zero attached hydrogens (tertiary/aromatic N) is 3. The van der Waals surface area contributed by atoms with Crippen LogP contribution in [0.2, 0.25) is 5.02 Å². The summed E-state index contributed by atoms with van der Waals surface area (Å²) in [5.41, 5.74) is 0.242. The van der Waals surface area contributed by atoms with Gasteiger partial charge in [-0.1, -0.05) is 16.8 Å². The van der Waals surface area contributed by atoms with Crippen LogP contribution in [0.15, 0.2) is 24.4 Å². The van der Waals surface area contributed by atoms with Gasteiger partial charge in [0.1, 0.15) is 18.9 Å². The Morgan fingerprint density at radius 3 is 2.79 bits per heavy atom. The van der Waals surface area contributed by atoms with Gasteiger partial charge in [-0.15, -0.1) is 5.10 Å². The number of methoxy groups -OCH3 is 1. The highest BCUT2D eigenvalue weighted by molar-refractivity contribution is 6.32. The van der Waals surface area contributed by atoms with Crippen LogP contribution in [0, 0.1) is 0 Å². The second-order valence-corrected chi connectivity index (χ2v) is 5.05. The van der Waals surface area contributed by atoms with Gasteiger partial charge in [-0.3, -0.25) is 4.79 Å². The van der Waals surface area contributed by atoms with Crippen LogP contribution in [-0.4, -0.2) is 52.3 Å². The lowest BCUT2D eigenvalue weighted by molar-refractivity contribution is -0.116. The molecule has 10 heteroatoms. The summed E-state index contributed by atoms with van der Waals surface area (Å²) in [5.74, 6) is -1.13. The van der Waals surface area contributed by atoms with Crippen molar-refractivity contribution < 1.29 is 24.2 Å². The van der Waals surface area contributed by atoms with E-state index in [9.17, 15) is 9.59 Å². The van der Waals surface area contributed by atoms with E-state index in [4.69, 9.17) is 26.2 Å². The molecule has 0 aliphatic rings. The number of nitrogens with one attached hydrogen (secondary N) is 1. The van der Waals surface area contributed by atoms with Crippen LogP contribution >= 0.6 is 11.6 Å². The fourth-order valence-electron chi connectivity index (χ4n) is 1.75. The molecule has 128 valence electrons. The van der Waals surface area contributed by atoms with Gasteiger partial charge >= 0.3 is 5.97 Å². The van der Waals surface area contributed by atoms with Crippen molar-refractivity contribution in [2.75, 3.05) is 25.6 Å². The summed E-state index contributed by atoms with van der Waals surface area (Å²) in [6.45, 7) is 0.620. The Morgan fingerprint density at radius 1 is 1.38 bits per heavy atom. The highest BCUT2D eigenvalue weighted by Gasteiger charge is 2.11. The first-order valence-corrected chi connectivity index (χ1v) is 7.22. The average Bonchev–Trinajstić information content (AvgIpc) is 2.98. The third-order valence-electron chi connectivity index (χ3n) is 2.82. The predicted molar refractivity (Wildman–Crippen MR) is 84.4 cm³/mol. The summed E-state index contributed by atoms with van der Waals surface area (Å²) < 4.78 is 11.4. The normalized spacial score (nSPS) is 10.4. The largest absolute Gasteiger partial charge is 0.490 e. The van der Waals surface area contributed by atoms with E-state index in [-0.39, 0.29) is 12.2 Å². The molecule has 0 radical (unpaired) electrons. The topological polar surface area (TPSA) is 116 Å². The Hall–Kier alpha value is -2.65. The van der Waals surface area contributed by atoms with Gasteiger partial charge in [-0.05, 0) is 18.2 Å². The SMILES string of the molecule is COCCOc1ccc(NC(=O)Cn2cc(C(=O)O)nn2)cc1Cl. The lowest BCUT2D eigenvalue weighted by Gasteiger charge is -2.10. The van der Waals surface area contributed by atoms with Crippen molar-refractivity contribution in [3.05, 3.63) is 35.1 Å². The van der Waals surface area contributed by atoms with Crippen molar-refractivity contribution in [2.24, 2.45) is 0 Å². The number of hydrogen-bond acceptors (Lipinski definition) is 6. The Kier molecular flexibility index (Phi) is 6.10. The predicted octanol–water partition coefficient (Wildman–Crippen LogP) is 1.29. The van der Waals surface area contributed by atoms with E-state index < -0.39 is 11.9 Å². The van der Waals surface area contributed by atoms with Crippen LogP contribution in [0.3, 0.4) is 0 Å². The Labute approximate surface area is 142 Å². The van der Waals surface area contributed by atoms with E-state index in [1.54, 1.807) is 25.3 Å². The number of carboxylic acid groups (broad SMARTS) is 1. The molecule has 24 heavy (non-hydrogen) atoms. The van der Waals surface area contributed by atoms with Crippen molar-refractivity contribution in [3.63, 3.8) is 0 Å². The van der Waals surface area contributed by atoms with Gasteiger partial charge in [0.25, 0.3) is 0 Å². The maximum Gasteiger partial charge on any atom is 0.358 e. The molecule has 0 bridgehead atoms. The summed E-state index contributed by atoms with van der Waals surface area (Å²) in [5, 5.41) is 18.7. The lowest BCUT2D eigenvalue weighted by atomic mass is 10.3. The molecule has 2 N–H and O–H groups in total. The van der Waals surface area contributed by atoms with Gasteiger partial charge in [-0.25, -0.2) is 9.48 Å². The number of carboxylic acids is 1. The van der Waals surface area contributed by atoms with Crippen LogP contribution in [0.4, 0.5) is 5.69 Å². The fraction of sp³-hybridized carbons (Fsp3) is 0.286. The number of hydrogen-bond donors (Lipinski definition) is 2. The molecule has 1 aromatic heterocycles. The molecule has 0 fully saturated rings. The molecule has 2 aromatic rings. The number of carbonyl (C=O) groups is 2. The third kappa shape index (κ3) is 4.93. The molecule has 0 atom stereocenters. The highest BCUT2D eigenvalue weighted by atomic mass is 35.5. The molecule has 1 heterocycles. The van der Waals surface area contributed by atoms with Crippen molar-refractivity contribution >= 4 is 29.2 Å². The summed E-state index contributed by atoms with van der Waals surface area (Å²) in [7, 11) is 1.57. The average molecular weight is 355 g/mol. The minimum atomic E-state index is -1.21. The van der Waals surface area contributed by atoms with Crippen LogP contribution in [-0.2, 0) is 16.1 Å². The summed E-state index contributed by atoms with van der Waals surface area (Å²) in [6.07, 6.45) is 1.17. The van der Waals surface area contributed by atoms with Gasteiger partial charge < -0.3 is 19.9 Å². The number of carbonyl (C=O) groups excluding carboxylic acids is 1. The van der Waals surface area contributed by atoms with E-state index in [0.717, 1.165) is 4.68 Å².